The molecule has 1 aromatic heterocycles. The lowest BCUT2D eigenvalue weighted by atomic mass is 9.96. The van der Waals surface area contributed by atoms with Gasteiger partial charge < -0.3 is 14.8 Å². The minimum absolute atomic E-state index is 0.153. The van der Waals surface area contributed by atoms with Crippen LogP contribution in [0.3, 0.4) is 0 Å². The molecule has 1 spiro atoms. The maximum Gasteiger partial charge on any atom is 0.255 e. The Morgan fingerprint density at radius 2 is 2.28 bits per heavy atom. The molecule has 1 N–H and O–H groups in total. The standard InChI is InChI=1S/C18H16FN3O3/c1-24-13-7-12-10(6-11(13)8-20)2-5-21-17(12)25-9-14-18(3-4-18)15(19)16(23)22-14/h2,5-7,14-15H,3-4,9H2,1H3,(H,22,23). The van der Waals surface area contributed by atoms with Gasteiger partial charge in [0.1, 0.15) is 18.4 Å². The van der Waals surface area contributed by atoms with Crippen LogP contribution in [0.1, 0.15) is 18.4 Å². The number of benzene rings is 1. The molecule has 2 aromatic rings. The Bertz CT molecular complexity index is 904. The van der Waals surface area contributed by atoms with E-state index in [0.29, 0.717) is 35.4 Å². The maximum atomic E-state index is 14.0. The van der Waals surface area contributed by atoms with Gasteiger partial charge in [-0.2, -0.15) is 5.26 Å². The number of alkyl halides is 1. The number of aromatic nitrogens is 1. The molecule has 128 valence electrons. The van der Waals surface area contributed by atoms with Gasteiger partial charge in [0.2, 0.25) is 5.88 Å². The van der Waals surface area contributed by atoms with Crippen LogP contribution in [-0.4, -0.2) is 36.8 Å². The summed E-state index contributed by atoms with van der Waals surface area (Å²) in [5.41, 5.74) is -0.194. The molecule has 25 heavy (non-hydrogen) atoms. The van der Waals surface area contributed by atoms with Gasteiger partial charge in [0.05, 0.1) is 18.7 Å². The average Bonchev–Trinajstić information content (AvgIpc) is 3.40. The summed E-state index contributed by atoms with van der Waals surface area (Å²) < 4.78 is 25.1. The number of carbonyl (C=O) groups is 1. The fourth-order valence-corrected chi connectivity index (χ4v) is 3.49. The molecule has 1 aromatic carbocycles. The van der Waals surface area contributed by atoms with Gasteiger partial charge in [-0.15, -0.1) is 0 Å². The first-order valence-electron chi connectivity index (χ1n) is 8.03. The van der Waals surface area contributed by atoms with E-state index in [-0.39, 0.29) is 12.6 Å². The number of amides is 1. The molecule has 0 radical (unpaired) electrons. The first kappa shape index (κ1) is 15.6. The van der Waals surface area contributed by atoms with E-state index >= 15 is 0 Å². The molecule has 4 rings (SSSR count). The zero-order chi connectivity index (χ0) is 17.6. The Morgan fingerprint density at radius 1 is 1.48 bits per heavy atom. The Kier molecular flexibility index (Phi) is 3.49. The van der Waals surface area contributed by atoms with E-state index < -0.39 is 17.5 Å². The molecular formula is C18H16FN3O3. The number of nitrogens with one attached hydrogen (secondary N) is 1. The second kappa shape index (κ2) is 5.59. The van der Waals surface area contributed by atoms with Crippen LogP contribution in [0.25, 0.3) is 10.8 Å². The van der Waals surface area contributed by atoms with Crippen LogP contribution in [0.4, 0.5) is 4.39 Å². The zero-order valence-electron chi connectivity index (χ0n) is 13.6. The number of ether oxygens (including phenoxy) is 2. The van der Waals surface area contributed by atoms with E-state index in [2.05, 4.69) is 16.4 Å². The van der Waals surface area contributed by atoms with Crippen molar-refractivity contribution in [1.29, 1.82) is 5.26 Å². The number of carbonyl (C=O) groups excluding carboxylic acids is 1. The van der Waals surface area contributed by atoms with E-state index in [9.17, 15) is 14.4 Å². The molecule has 7 heteroatoms. The number of rotatable bonds is 4. The first-order chi connectivity index (χ1) is 12.1. The van der Waals surface area contributed by atoms with Gasteiger partial charge in [0, 0.05) is 17.0 Å². The fourth-order valence-electron chi connectivity index (χ4n) is 3.49. The molecule has 6 nitrogen and oxygen atoms in total. The second-order valence-electron chi connectivity index (χ2n) is 6.47. The lowest BCUT2D eigenvalue weighted by Crippen LogP contribution is -2.36. The van der Waals surface area contributed by atoms with Crippen molar-refractivity contribution < 1.29 is 18.7 Å². The number of hydrogen-bond donors (Lipinski definition) is 1. The third-order valence-corrected chi connectivity index (χ3v) is 5.13. The summed E-state index contributed by atoms with van der Waals surface area (Å²) in [6, 6.07) is 6.92. The smallest absolute Gasteiger partial charge is 0.255 e. The highest BCUT2D eigenvalue weighted by Crippen LogP contribution is 2.55. The quantitative estimate of drug-likeness (QED) is 0.921. The molecule has 2 heterocycles. The Balaban J connectivity index is 1.62. The van der Waals surface area contributed by atoms with Gasteiger partial charge in [0.25, 0.3) is 5.91 Å². The molecule has 1 amide bonds. The fraction of sp³-hybridized carbons (Fsp3) is 0.389. The van der Waals surface area contributed by atoms with Gasteiger partial charge in [-0.3, -0.25) is 4.79 Å². The van der Waals surface area contributed by atoms with Crippen LogP contribution in [0, 0.1) is 16.7 Å². The van der Waals surface area contributed by atoms with Crippen LogP contribution in [0.5, 0.6) is 11.6 Å². The van der Waals surface area contributed by atoms with Crippen molar-refractivity contribution in [1.82, 2.24) is 10.3 Å². The van der Waals surface area contributed by atoms with Crippen molar-refractivity contribution in [2.75, 3.05) is 13.7 Å². The topological polar surface area (TPSA) is 84.2 Å². The highest BCUT2D eigenvalue weighted by molar-refractivity contribution is 5.89. The highest BCUT2D eigenvalue weighted by atomic mass is 19.1. The van der Waals surface area contributed by atoms with E-state index in [1.54, 1.807) is 24.4 Å². The van der Waals surface area contributed by atoms with E-state index in [1.807, 2.05) is 0 Å². The van der Waals surface area contributed by atoms with Crippen LogP contribution in [-0.2, 0) is 4.79 Å². The van der Waals surface area contributed by atoms with Gasteiger partial charge in [-0.25, -0.2) is 9.37 Å². The van der Waals surface area contributed by atoms with Crippen LogP contribution >= 0.6 is 0 Å². The number of fused-ring (bicyclic) bond motifs is 1. The number of nitriles is 1. The molecule has 2 aliphatic rings. The van der Waals surface area contributed by atoms with Crippen LogP contribution in [0.15, 0.2) is 24.4 Å². The third-order valence-electron chi connectivity index (χ3n) is 5.13. The average molecular weight is 341 g/mol. The summed E-state index contributed by atoms with van der Waals surface area (Å²) in [5, 5.41) is 13.4. The number of nitrogens with zero attached hydrogens (tertiary/aromatic N) is 2. The maximum absolute atomic E-state index is 14.0. The molecule has 2 unspecified atom stereocenters. The SMILES string of the molecule is COc1cc2c(OCC3NC(=O)C(F)C34CC4)nccc2cc1C#N. The summed E-state index contributed by atoms with van der Waals surface area (Å²) >= 11 is 0. The summed E-state index contributed by atoms with van der Waals surface area (Å²) in [6.07, 6.45) is 1.50. The molecule has 0 bridgehead atoms. The summed E-state index contributed by atoms with van der Waals surface area (Å²) in [6.45, 7) is 0.153. The number of pyridine rings is 1. The molecule has 1 saturated heterocycles. The van der Waals surface area contributed by atoms with E-state index in [0.717, 1.165) is 5.39 Å². The van der Waals surface area contributed by atoms with E-state index in [1.165, 1.54) is 7.11 Å². The van der Waals surface area contributed by atoms with Crippen LogP contribution in [0.2, 0.25) is 0 Å². The molecular weight excluding hydrogens is 325 g/mol. The lowest BCUT2D eigenvalue weighted by molar-refractivity contribution is -0.124. The zero-order valence-corrected chi connectivity index (χ0v) is 13.6. The minimum Gasteiger partial charge on any atom is -0.495 e. The Morgan fingerprint density at radius 3 is 2.96 bits per heavy atom. The summed E-state index contributed by atoms with van der Waals surface area (Å²) in [7, 11) is 1.49. The third kappa shape index (κ3) is 2.37. The van der Waals surface area contributed by atoms with Gasteiger partial charge in [0.15, 0.2) is 6.17 Å². The van der Waals surface area contributed by atoms with Gasteiger partial charge in [-0.05, 0) is 36.4 Å². The van der Waals surface area contributed by atoms with Gasteiger partial charge in [-0.1, -0.05) is 0 Å². The predicted molar refractivity (Wildman–Crippen MR) is 87.0 cm³/mol. The van der Waals surface area contributed by atoms with Crippen molar-refractivity contribution in [2.24, 2.45) is 5.41 Å². The molecule has 1 aliphatic carbocycles. The predicted octanol–water partition coefficient (Wildman–Crippen LogP) is 2.11. The van der Waals surface area contributed by atoms with Gasteiger partial charge >= 0.3 is 0 Å². The number of methoxy groups -OCH3 is 1. The van der Waals surface area contributed by atoms with Crippen LogP contribution < -0.4 is 14.8 Å². The summed E-state index contributed by atoms with van der Waals surface area (Å²) in [5.74, 6) is 0.245. The monoisotopic (exact) mass is 341 g/mol. The number of hydrogen-bond acceptors (Lipinski definition) is 5. The molecule has 2 fully saturated rings. The van der Waals surface area contributed by atoms with Crippen molar-refractivity contribution in [3.63, 3.8) is 0 Å². The molecule has 1 aliphatic heterocycles. The Labute approximate surface area is 143 Å². The highest BCUT2D eigenvalue weighted by Gasteiger charge is 2.63. The van der Waals surface area contributed by atoms with E-state index in [4.69, 9.17) is 9.47 Å². The lowest BCUT2D eigenvalue weighted by Gasteiger charge is -2.19. The largest absolute Gasteiger partial charge is 0.495 e. The summed E-state index contributed by atoms with van der Waals surface area (Å²) in [4.78, 5) is 15.9. The van der Waals surface area contributed by atoms with Crippen molar-refractivity contribution >= 4 is 16.7 Å². The molecule has 1 saturated carbocycles. The van der Waals surface area contributed by atoms with Crippen molar-refractivity contribution in [3.8, 4) is 17.7 Å². The minimum atomic E-state index is -1.46. The van der Waals surface area contributed by atoms with Crippen molar-refractivity contribution in [2.45, 2.75) is 25.1 Å². The molecule has 2 atom stereocenters. The normalized spacial score (nSPS) is 23.3. The first-order valence-corrected chi connectivity index (χ1v) is 8.03. The Hall–Kier alpha value is -2.88. The van der Waals surface area contributed by atoms with Crippen molar-refractivity contribution in [3.05, 3.63) is 30.0 Å². The second-order valence-corrected chi connectivity index (χ2v) is 6.47. The number of halogens is 1.